The molecular weight excluding hydrogens is 256 g/mol. The Kier molecular flexibility index (Phi) is 3.74. The van der Waals surface area contributed by atoms with Gasteiger partial charge in [0.2, 0.25) is 0 Å². The van der Waals surface area contributed by atoms with E-state index < -0.39 is 5.97 Å². The zero-order chi connectivity index (χ0) is 14.1. The molecule has 0 spiro atoms. The SMILES string of the molecule is CCN1CCCCC1c1nc2n(n1)CC(C(=O)O)CC2. The van der Waals surface area contributed by atoms with Crippen molar-refractivity contribution in [3.8, 4) is 0 Å². The molecule has 2 atom stereocenters. The van der Waals surface area contributed by atoms with Gasteiger partial charge in [0.1, 0.15) is 5.82 Å². The number of carbonyl (C=O) groups is 1. The van der Waals surface area contributed by atoms with Crippen molar-refractivity contribution in [2.24, 2.45) is 5.92 Å². The third-order valence-corrected chi connectivity index (χ3v) is 4.54. The number of rotatable bonds is 3. The summed E-state index contributed by atoms with van der Waals surface area (Å²) in [5.74, 6) is 0.818. The van der Waals surface area contributed by atoms with E-state index in [0.29, 0.717) is 19.0 Å². The molecule has 2 aliphatic heterocycles. The van der Waals surface area contributed by atoms with E-state index in [1.54, 1.807) is 0 Å². The van der Waals surface area contributed by atoms with Gasteiger partial charge in [0, 0.05) is 6.42 Å². The minimum Gasteiger partial charge on any atom is -0.481 e. The van der Waals surface area contributed by atoms with Crippen molar-refractivity contribution in [2.75, 3.05) is 13.1 Å². The van der Waals surface area contributed by atoms with Crippen LogP contribution in [0.1, 0.15) is 50.3 Å². The Morgan fingerprint density at radius 3 is 3.00 bits per heavy atom. The number of aryl methyl sites for hydroxylation is 1. The van der Waals surface area contributed by atoms with Crippen molar-refractivity contribution in [2.45, 2.75) is 51.6 Å². The van der Waals surface area contributed by atoms with E-state index >= 15 is 0 Å². The molecule has 3 heterocycles. The second kappa shape index (κ2) is 5.52. The van der Waals surface area contributed by atoms with Crippen LogP contribution in [0.15, 0.2) is 0 Å². The summed E-state index contributed by atoms with van der Waals surface area (Å²) in [5.41, 5.74) is 0. The van der Waals surface area contributed by atoms with Gasteiger partial charge in [-0.2, -0.15) is 5.10 Å². The third-order valence-electron chi connectivity index (χ3n) is 4.54. The fourth-order valence-corrected chi connectivity index (χ4v) is 3.33. The van der Waals surface area contributed by atoms with Crippen LogP contribution in [0, 0.1) is 5.92 Å². The molecule has 20 heavy (non-hydrogen) atoms. The van der Waals surface area contributed by atoms with Crippen LogP contribution in [-0.4, -0.2) is 43.8 Å². The third kappa shape index (κ3) is 2.44. The Morgan fingerprint density at radius 2 is 2.25 bits per heavy atom. The Hall–Kier alpha value is -1.43. The summed E-state index contributed by atoms with van der Waals surface area (Å²) in [6.07, 6.45) is 4.99. The molecule has 0 amide bonds. The predicted octanol–water partition coefficient (Wildman–Crippen LogP) is 1.47. The van der Waals surface area contributed by atoms with E-state index in [4.69, 9.17) is 5.11 Å². The van der Waals surface area contributed by atoms with Gasteiger partial charge >= 0.3 is 5.97 Å². The molecule has 6 nitrogen and oxygen atoms in total. The van der Waals surface area contributed by atoms with Crippen LogP contribution >= 0.6 is 0 Å². The molecule has 3 rings (SSSR count). The van der Waals surface area contributed by atoms with Gasteiger partial charge in [-0.3, -0.25) is 9.69 Å². The largest absolute Gasteiger partial charge is 0.481 e. The van der Waals surface area contributed by atoms with E-state index in [2.05, 4.69) is 21.9 Å². The van der Waals surface area contributed by atoms with Gasteiger partial charge in [-0.05, 0) is 32.4 Å². The predicted molar refractivity (Wildman–Crippen MR) is 73.3 cm³/mol. The summed E-state index contributed by atoms with van der Waals surface area (Å²) in [5, 5.41) is 13.7. The fourth-order valence-electron chi connectivity index (χ4n) is 3.33. The van der Waals surface area contributed by atoms with Crippen LogP contribution in [0.25, 0.3) is 0 Å². The minimum atomic E-state index is -0.722. The van der Waals surface area contributed by atoms with Crippen molar-refractivity contribution in [3.05, 3.63) is 11.6 Å². The Balaban J connectivity index is 1.81. The fraction of sp³-hybridized carbons (Fsp3) is 0.786. The quantitative estimate of drug-likeness (QED) is 0.906. The number of fused-ring (bicyclic) bond motifs is 1. The van der Waals surface area contributed by atoms with Crippen LogP contribution in [0.4, 0.5) is 0 Å². The molecule has 2 unspecified atom stereocenters. The number of nitrogens with zero attached hydrogens (tertiary/aromatic N) is 4. The molecule has 1 saturated heterocycles. The van der Waals surface area contributed by atoms with E-state index in [9.17, 15) is 4.79 Å². The molecule has 6 heteroatoms. The van der Waals surface area contributed by atoms with Crippen molar-refractivity contribution in [1.82, 2.24) is 19.7 Å². The number of carboxylic acids is 1. The number of hydrogen-bond acceptors (Lipinski definition) is 4. The zero-order valence-corrected chi connectivity index (χ0v) is 12.0. The highest BCUT2D eigenvalue weighted by Gasteiger charge is 2.30. The molecule has 0 aliphatic carbocycles. The summed E-state index contributed by atoms with van der Waals surface area (Å²) < 4.78 is 1.82. The van der Waals surface area contributed by atoms with Gasteiger partial charge in [-0.1, -0.05) is 13.3 Å². The number of aromatic nitrogens is 3. The van der Waals surface area contributed by atoms with Gasteiger partial charge in [-0.25, -0.2) is 9.67 Å². The standard InChI is InChI=1S/C14H22N4O2/c1-2-17-8-4-3-5-11(17)13-15-12-7-6-10(14(19)20)9-18(12)16-13/h10-11H,2-9H2,1H3,(H,19,20). The lowest BCUT2D eigenvalue weighted by atomic mass is 10.0. The van der Waals surface area contributed by atoms with Gasteiger partial charge in [0.15, 0.2) is 5.82 Å². The number of hydrogen-bond donors (Lipinski definition) is 1. The lowest BCUT2D eigenvalue weighted by Crippen LogP contribution is -2.33. The first kappa shape index (κ1) is 13.5. The molecule has 2 aliphatic rings. The number of piperidine rings is 1. The molecular formula is C14H22N4O2. The van der Waals surface area contributed by atoms with Gasteiger partial charge < -0.3 is 5.11 Å². The number of aliphatic carboxylic acids is 1. The van der Waals surface area contributed by atoms with Crippen LogP contribution in [-0.2, 0) is 17.8 Å². The summed E-state index contributed by atoms with van der Waals surface area (Å²) in [4.78, 5) is 18.2. The summed E-state index contributed by atoms with van der Waals surface area (Å²) >= 11 is 0. The summed E-state index contributed by atoms with van der Waals surface area (Å²) in [6, 6.07) is 0.315. The van der Waals surface area contributed by atoms with E-state index in [1.807, 2.05) is 4.68 Å². The highest BCUT2D eigenvalue weighted by atomic mass is 16.4. The van der Waals surface area contributed by atoms with Crippen molar-refractivity contribution >= 4 is 5.97 Å². The molecule has 1 aromatic heterocycles. The van der Waals surface area contributed by atoms with Crippen LogP contribution in [0.3, 0.4) is 0 Å². The first-order valence-electron chi connectivity index (χ1n) is 7.59. The molecule has 1 fully saturated rings. The maximum absolute atomic E-state index is 11.1. The van der Waals surface area contributed by atoms with Gasteiger partial charge in [0.05, 0.1) is 18.5 Å². The van der Waals surface area contributed by atoms with Crippen molar-refractivity contribution < 1.29 is 9.90 Å². The Morgan fingerprint density at radius 1 is 1.40 bits per heavy atom. The molecule has 0 saturated carbocycles. The molecule has 0 bridgehead atoms. The summed E-state index contributed by atoms with van der Waals surface area (Å²) in [6.45, 7) is 4.78. The number of carboxylic acid groups (broad SMARTS) is 1. The monoisotopic (exact) mass is 278 g/mol. The van der Waals surface area contributed by atoms with Crippen molar-refractivity contribution in [3.63, 3.8) is 0 Å². The molecule has 0 aromatic carbocycles. The average molecular weight is 278 g/mol. The van der Waals surface area contributed by atoms with Crippen LogP contribution in [0.5, 0.6) is 0 Å². The highest BCUT2D eigenvalue weighted by molar-refractivity contribution is 5.70. The Bertz CT molecular complexity index is 499. The maximum atomic E-state index is 11.1. The first-order valence-corrected chi connectivity index (χ1v) is 7.59. The van der Waals surface area contributed by atoms with Crippen molar-refractivity contribution in [1.29, 1.82) is 0 Å². The summed E-state index contributed by atoms with van der Waals surface area (Å²) in [7, 11) is 0. The van der Waals surface area contributed by atoms with E-state index in [0.717, 1.165) is 37.6 Å². The topological polar surface area (TPSA) is 71.2 Å². The lowest BCUT2D eigenvalue weighted by molar-refractivity contribution is -0.142. The lowest BCUT2D eigenvalue weighted by Gasteiger charge is -2.32. The zero-order valence-electron chi connectivity index (χ0n) is 12.0. The first-order chi connectivity index (χ1) is 9.69. The molecule has 1 N–H and O–H groups in total. The molecule has 110 valence electrons. The second-order valence-corrected chi connectivity index (χ2v) is 5.78. The highest BCUT2D eigenvalue weighted by Crippen LogP contribution is 2.30. The van der Waals surface area contributed by atoms with Gasteiger partial charge in [0.25, 0.3) is 0 Å². The smallest absolute Gasteiger partial charge is 0.308 e. The number of likely N-dealkylation sites (tertiary alicyclic amines) is 1. The van der Waals surface area contributed by atoms with Crippen LogP contribution < -0.4 is 0 Å². The maximum Gasteiger partial charge on any atom is 0.308 e. The molecule has 1 aromatic rings. The van der Waals surface area contributed by atoms with E-state index in [-0.39, 0.29) is 5.92 Å². The average Bonchev–Trinajstić information content (AvgIpc) is 2.89. The van der Waals surface area contributed by atoms with Crippen LogP contribution in [0.2, 0.25) is 0 Å². The molecule has 0 radical (unpaired) electrons. The van der Waals surface area contributed by atoms with E-state index in [1.165, 1.54) is 12.8 Å². The minimum absolute atomic E-state index is 0.314. The van der Waals surface area contributed by atoms with Gasteiger partial charge in [-0.15, -0.1) is 0 Å². The second-order valence-electron chi connectivity index (χ2n) is 5.78. The normalized spacial score (nSPS) is 27.2. The Labute approximate surface area is 118 Å².